The van der Waals surface area contributed by atoms with Crippen LogP contribution in [-0.4, -0.2) is 33.5 Å². The van der Waals surface area contributed by atoms with Gasteiger partial charge in [-0.15, -0.1) is 10.2 Å². The number of hydrogen-bond donors (Lipinski definition) is 1. The maximum atomic E-state index is 13.4. The summed E-state index contributed by atoms with van der Waals surface area (Å²) in [5.74, 6) is 0.121. The Balaban J connectivity index is 1.65. The SMILES string of the molecule is C[C@@H](CC(=O)N(CCC(=O)Nc1nnc(-c2ccc(Cl)cc2)s1)[C@H](C)c1ccccc1)CC(C)(C)C. The molecule has 3 aromatic rings. The molecule has 0 fully saturated rings. The zero-order chi connectivity index (χ0) is 26.3. The monoisotopic (exact) mass is 526 g/mol. The first-order chi connectivity index (χ1) is 17.0. The van der Waals surface area contributed by atoms with E-state index in [4.69, 9.17) is 11.6 Å². The fourth-order valence-electron chi connectivity index (χ4n) is 4.37. The Kier molecular flexibility index (Phi) is 9.63. The van der Waals surface area contributed by atoms with Crippen molar-refractivity contribution in [1.29, 1.82) is 0 Å². The Morgan fingerprint density at radius 1 is 1.03 bits per heavy atom. The van der Waals surface area contributed by atoms with Gasteiger partial charge in [0.05, 0.1) is 6.04 Å². The molecule has 0 aliphatic carbocycles. The average Bonchev–Trinajstić information content (AvgIpc) is 3.27. The van der Waals surface area contributed by atoms with Gasteiger partial charge in [0, 0.05) is 30.0 Å². The second-order valence-corrected chi connectivity index (χ2v) is 11.9. The maximum absolute atomic E-state index is 13.4. The van der Waals surface area contributed by atoms with Crippen molar-refractivity contribution in [3.05, 3.63) is 65.2 Å². The fraction of sp³-hybridized carbons (Fsp3) is 0.429. The first-order valence-electron chi connectivity index (χ1n) is 12.3. The van der Waals surface area contributed by atoms with Crippen molar-refractivity contribution in [3.8, 4) is 10.6 Å². The minimum Gasteiger partial charge on any atom is -0.335 e. The van der Waals surface area contributed by atoms with E-state index < -0.39 is 0 Å². The highest BCUT2D eigenvalue weighted by molar-refractivity contribution is 7.18. The molecule has 6 nitrogen and oxygen atoms in total. The summed E-state index contributed by atoms with van der Waals surface area (Å²) in [4.78, 5) is 28.0. The summed E-state index contributed by atoms with van der Waals surface area (Å²) in [7, 11) is 0. The zero-order valence-corrected chi connectivity index (χ0v) is 23.2. The number of amides is 2. The number of halogens is 1. The summed E-state index contributed by atoms with van der Waals surface area (Å²) in [6.45, 7) is 11.0. The fourth-order valence-corrected chi connectivity index (χ4v) is 5.26. The number of aromatic nitrogens is 2. The molecule has 1 aromatic heterocycles. The van der Waals surface area contributed by atoms with Crippen LogP contribution in [0, 0.1) is 11.3 Å². The van der Waals surface area contributed by atoms with Crippen LogP contribution in [0.4, 0.5) is 5.13 Å². The first kappa shape index (κ1) is 27.8. The van der Waals surface area contributed by atoms with Gasteiger partial charge in [-0.3, -0.25) is 9.59 Å². The van der Waals surface area contributed by atoms with E-state index in [1.54, 1.807) is 12.1 Å². The number of nitrogens with zero attached hydrogens (tertiary/aromatic N) is 3. The van der Waals surface area contributed by atoms with Crippen LogP contribution in [0.1, 0.15) is 65.5 Å². The Bertz CT molecular complexity index is 1140. The summed E-state index contributed by atoms with van der Waals surface area (Å²) in [6, 6.07) is 17.1. The van der Waals surface area contributed by atoms with Crippen LogP contribution in [0.25, 0.3) is 10.6 Å². The van der Waals surface area contributed by atoms with Crippen LogP contribution in [0.2, 0.25) is 5.02 Å². The molecule has 0 unspecified atom stereocenters. The molecule has 0 aliphatic rings. The summed E-state index contributed by atoms with van der Waals surface area (Å²) in [6.07, 6.45) is 1.59. The van der Waals surface area contributed by atoms with Gasteiger partial charge in [0.1, 0.15) is 5.01 Å². The topological polar surface area (TPSA) is 75.2 Å². The second kappa shape index (κ2) is 12.5. The Morgan fingerprint density at radius 2 is 1.69 bits per heavy atom. The molecule has 2 aromatic carbocycles. The van der Waals surface area contributed by atoms with Crippen LogP contribution in [-0.2, 0) is 9.59 Å². The highest BCUT2D eigenvalue weighted by Crippen LogP contribution is 2.29. The van der Waals surface area contributed by atoms with Crippen LogP contribution in [0.5, 0.6) is 0 Å². The number of carbonyl (C=O) groups excluding carboxylic acids is 2. The van der Waals surface area contributed by atoms with Gasteiger partial charge in [0.15, 0.2) is 0 Å². The lowest BCUT2D eigenvalue weighted by Crippen LogP contribution is -2.37. The molecule has 1 heterocycles. The van der Waals surface area contributed by atoms with Crippen LogP contribution in [0.3, 0.4) is 0 Å². The van der Waals surface area contributed by atoms with Gasteiger partial charge in [0.2, 0.25) is 16.9 Å². The molecular weight excluding hydrogens is 492 g/mol. The molecule has 2 amide bonds. The van der Waals surface area contributed by atoms with Crippen LogP contribution in [0.15, 0.2) is 54.6 Å². The molecule has 36 heavy (non-hydrogen) atoms. The zero-order valence-electron chi connectivity index (χ0n) is 21.6. The molecular formula is C28H35ClN4O2S. The molecule has 3 rings (SSSR count). The lowest BCUT2D eigenvalue weighted by atomic mass is 9.84. The van der Waals surface area contributed by atoms with E-state index in [1.165, 1.54) is 11.3 Å². The van der Waals surface area contributed by atoms with E-state index in [2.05, 4.69) is 43.2 Å². The average molecular weight is 527 g/mol. The van der Waals surface area contributed by atoms with E-state index in [1.807, 2.05) is 54.3 Å². The molecule has 0 saturated carbocycles. The van der Waals surface area contributed by atoms with Crippen molar-refractivity contribution >= 4 is 39.9 Å². The molecule has 2 atom stereocenters. The standard InChI is InChI=1S/C28H35ClN4O2S/c1-19(18-28(3,4)5)17-25(35)33(20(2)21-9-7-6-8-10-21)16-15-24(34)30-27-32-31-26(36-27)22-11-13-23(29)14-12-22/h6-14,19-20H,15-18H2,1-5H3,(H,30,32,34)/t19-,20+/m0/s1. The number of rotatable bonds is 10. The molecule has 0 aliphatic heterocycles. The van der Waals surface area contributed by atoms with Crippen molar-refractivity contribution < 1.29 is 9.59 Å². The molecule has 8 heteroatoms. The van der Waals surface area contributed by atoms with E-state index in [-0.39, 0.29) is 35.6 Å². The van der Waals surface area contributed by atoms with Crippen molar-refractivity contribution in [2.45, 2.75) is 59.9 Å². The molecule has 0 radical (unpaired) electrons. The predicted octanol–water partition coefficient (Wildman–Crippen LogP) is 7.24. The van der Waals surface area contributed by atoms with Crippen molar-refractivity contribution in [2.24, 2.45) is 11.3 Å². The lowest BCUT2D eigenvalue weighted by molar-refractivity contribution is -0.134. The van der Waals surface area contributed by atoms with Gasteiger partial charge in [-0.25, -0.2) is 0 Å². The minimum atomic E-state index is -0.199. The lowest BCUT2D eigenvalue weighted by Gasteiger charge is -2.31. The smallest absolute Gasteiger partial charge is 0.227 e. The summed E-state index contributed by atoms with van der Waals surface area (Å²) in [5.41, 5.74) is 2.09. The Labute approximate surface area is 223 Å². The quantitative estimate of drug-likeness (QED) is 0.302. The maximum Gasteiger partial charge on any atom is 0.227 e. The second-order valence-electron chi connectivity index (χ2n) is 10.5. The summed E-state index contributed by atoms with van der Waals surface area (Å²) < 4.78 is 0. The molecule has 1 N–H and O–H groups in total. The van der Waals surface area contributed by atoms with Gasteiger partial charge in [-0.2, -0.15) is 0 Å². The van der Waals surface area contributed by atoms with E-state index in [0.29, 0.717) is 28.1 Å². The largest absolute Gasteiger partial charge is 0.335 e. The summed E-state index contributed by atoms with van der Waals surface area (Å²) >= 11 is 7.25. The number of benzene rings is 2. The van der Waals surface area contributed by atoms with E-state index >= 15 is 0 Å². The number of anilines is 1. The van der Waals surface area contributed by atoms with Gasteiger partial charge < -0.3 is 10.2 Å². The van der Waals surface area contributed by atoms with Gasteiger partial charge in [-0.05, 0) is 42.4 Å². The third kappa shape index (κ3) is 8.42. The van der Waals surface area contributed by atoms with E-state index in [0.717, 1.165) is 17.5 Å². The number of nitrogens with one attached hydrogen (secondary N) is 1. The first-order valence-corrected chi connectivity index (χ1v) is 13.4. The predicted molar refractivity (Wildman–Crippen MR) is 148 cm³/mol. The molecule has 192 valence electrons. The van der Waals surface area contributed by atoms with Crippen molar-refractivity contribution in [2.75, 3.05) is 11.9 Å². The van der Waals surface area contributed by atoms with Crippen molar-refractivity contribution in [3.63, 3.8) is 0 Å². The van der Waals surface area contributed by atoms with Crippen LogP contribution >= 0.6 is 22.9 Å². The van der Waals surface area contributed by atoms with Gasteiger partial charge >= 0.3 is 0 Å². The third-order valence-electron chi connectivity index (χ3n) is 5.90. The number of hydrogen-bond acceptors (Lipinski definition) is 5. The normalized spacial score (nSPS) is 13.2. The molecule has 0 saturated heterocycles. The Morgan fingerprint density at radius 3 is 2.33 bits per heavy atom. The van der Waals surface area contributed by atoms with E-state index in [9.17, 15) is 9.59 Å². The minimum absolute atomic E-state index is 0.0665. The van der Waals surface area contributed by atoms with Gasteiger partial charge in [-0.1, -0.05) is 93.1 Å². The summed E-state index contributed by atoms with van der Waals surface area (Å²) in [5, 5.41) is 12.9. The van der Waals surface area contributed by atoms with Crippen LogP contribution < -0.4 is 5.32 Å². The highest BCUT2D eigenvalue weighted by Gasteiger charge is 2.25. The number of carbonyl (C=O) groups is 2. The highest BCUT2D eigenvalue weighted by atomic mass is 35.5. The molecule has 0 spiro atoms. The van der Waals surface area contributed by atoms with Crippen molar-refractivity contribution in [1.82, 2.24) is 15.1 Å². The van der Waals surface area contributed by atoms with Gasteiger partial charge in [0.25, 0.3) is 0 Å². The molecule has 0 bridgehead atoms. The third-order valence-corrected chi connectivity index (χ3v) is 7.04. The Hall–Kier alpha value is -2.77.